The van der Waals surface area contributed by atoms with Crippen molar-refractivity contribution in [1.82, 2.24) is 19.7 Å². The van der Waals surface area contributed by atoms with Gasteiger partial charge in [-0.3, -0.25) is 14.3 Å². The van der Waals surface area contributed by atoms with Crippen LogP contribution in [0, 0.1) is 6.92 Å². The zero-order chi connectivity index (χ0) is 21.0. The molecule has 0 aliphatic heterocycles. The maximum absolute atomic E-state index is 12.6. The first-order valence-electron chi connectivity index (χ1n) is 9.54. The standard InChI is InChI=1S/C21H25N5O3/c1-5-26(6-2)19(27)13-29-17-9-7-8-16(11-17)23-21(28)15-10-18-14(3)24-25(4)20(18)22-12-15/h7-12H,5-6,13H2,1-4H3,(H,23,28). The Morgan fingerprint density at radius 2 is 1.97 bits per heavy atom. The first kappa shape index (κ1) is 20.3. The van der Waals surface area contributed by atoms with Gasteiger partial charge < -0.3 is 15.0 Å². The lowest BCUT2D eigenvalue weighted by molar-refractivity contribution is -0.132. The van der Waals surface area contributed by atoms with Gasteiger partial charge in [-0.25, -0.2) is 4.98 Å². The molecular weight excluding hydrogens is 370 g/mol. The molecule has 0 aliphatic rings. The minimum atomic E-state index is -0.279. The van der Waals surface area contributed by atoms with Crippen LogP contribution in [0.3, 0.4) is 0 Å². The molecular formula is C21H25N5O3. The number of hydrogen-bond acceptors (Lipinski definition) is 5. The van der Waals surface area contributed by atoms with E-state index in [9.17, 15) is 9.59 Å². The molecule has 3 rings (SSSR count). The fraction of sp³-hybridized carbons (Fsp3) is 0.333. The number of carbonyl (C=O) groups is 2. The molecule has 2 heterocycles. The molecule has 0 radical (unpaired) electrons. The van der Waals surface area contributed by atoms with Crippen LogP contribution in [-0.4, -0.2) is 51.2 Å². The van der Waals surface area contributed by atoms with Gasteiger partial charge in [0.1, 0.15) is 5.75 Å². The minimum Gasteiger partial charge on any atom is -0.484 e. The highest BCUT2D eigenvalue weighted by Gasteiger charge is 2.13. The second-order valence-electron chi connectivity index (χ2n) is 6.64. The number of fused-ring (bicyclic) bond motifs is 1. The Labute approximate surface area is 169 Å². The third-order valence-corrected chi connectivity index (χ3v) is 4.70. The van der Waals surface area contributed by atoms with E-state index in [-0.39, 0.29) is 18.4 Å². The molecule has 0 unspecified atom stereocenters. The zero-order valence-corrected chi connectivity index (χ0v) is 17.1. The molecule has 29 heavy (non-hydrogen) atoms. The summed E-state index contributed by atoms with van der Waals surface area (Å²) in [4.78, 5) is 30.8. The van der Waals surface area contributed by atoms with E-state index < -0.39 is 0 Å². The summed E-state index contributed by atoms with van der Waals surface area (Å²) in [6.45, 7) is 6.98. The number of anilines is 1. The highest BCUT2D eigenvalue weighted by molar-refractivity contribution is 6.05. The van der Waals surface area contributed by atoms with E-state index in [1.165, 1.54) is 6.20 Å². The van der Waals surface area contributed by atoms with Gasteiger partial charge in [0.25, 0.3) is 11.8 Å². The molecule has 0 aliphatic carbocycles. The van der Waals surface area contributed by atoms with Crippen molar-refractivity contribution in [2.75, 3.05) is 25.0 Å². The maximum Gasteiger partial charge on any atom is 0.260 e. The van der Waals surface area contributed by atoms with Gasteiger partial charge in [-0.1, -0.05) is 6.07 Å². The second kappa shape index (κ2) is 8.72. The molecule has 0 bridgehead atoms. The molecule has 1 aromatic carbocycles. The van der Waals surface area contributed by atoms with Crippen molar-refractivity contribution >= 4 is 28.5 Å². The lowest BCUT2D eigenvalue weighted by Crippen LogP contribution is -2.34. The summed E-state index contributed by atoms with van der Waals surface area (Å²) in [7, 11) is 1.82. The van der Waals surface area contributed by atoms with Crippen LogP contribution in [0.25, 0.3) is 11.0 Å². The number of nitrogens with zero attached hydrogens (tertiary/aromatic N) is 4. The largest absolute Gasteiger partial charge is 0.484 e. The number of aryl methyl sites for hydroxylation is 2. The van der Waals surface area contributed by atoms with Crippen LogP contribution in [0.2, 0.25) is 0 Å². The van der Waals surface area contributed by atoms with Gasteiger partial charge in [-0.2, -0.15) is 5.10 Å². The van der Waals surface area contributed by atoms with Crippen molar-refractivity contribution in [2.24, 2.45) is 7.05 Å². The van der Waals surface area contributed by atoms with E-state index in [0.29, 0.717) is 30.1 Å². The Hall–Kier alpha value is -3.42. The van der Waals surface area contributed by atoms with E-state index in [4.69, 9.17) is 4.74 Å². The highest BCUT2D eigenvalue weighted by atomic mass is 16.5. The first-order chi connectivity index (χ1) is 13.9. The number of nitrogens with one attached hydrogen (secondary N) is 1. The average molecular weight is 395 g/mol. The molecule has 2 aromatic heterocycles. The van der Waals surface area contributed by atoms with E-state index >= 15 is 0 Å². The van der Waals surface area contributed by atoms with Crippen molar-refractivity contribution in [3.8, 4) is 5.75 Å². The molecule has 8 nitrogen and oxygen atoms in total. The molecule has 2 amide bonds. The first-order valence-corrected chi connectivity index (χ1v) is 9.54. The average Bonchev–Trinajstić information content (AvgIpc) is 3.01. The predicted molar refractivity (Wildman–Crippen MR) is 111 cm³/mol. The number of ether oxygens (including phenoxy) is 1. The van der Waals surface area contributed by atoms with Crippen molar-refractivity contribution in [2.45, 2.75) is 20.8 Å². The predicted octanol–water partition coefficient (Wildman–Crippen LogP) is 2.78. The van der Waals surface area contributed by atoms with Gasteiger partial charge in [0.2, 0.25) is 0 Å². The summed E-state index contributed by atoms with van der Waals surface area (Å²) < 4.78 is 7.28. The number of rotatable bonds is 7. The number of pyridine rings is 1. The fourth-order valence-electron chi connectivity index (χ4n) is 3.11. The Morgan fingerprint density at radius 3 is 2.69 bits per heavy atom. The van der Waals surface area contributed by atoms with Crippen molar-refractivity contribution < 1.29 is 14.3 Å². The maximum atomic E-state index is 12.6. The fourth-order valence-corrected chi connectivity index (χ4v) is 3.11. The van der Waals surface area contributed by atoms with E-state index in [2.05, 4.69) is 15.4 Å². The lowest BCUT2D eigenvalue weighted by atomic mass is 10.2. The van der Waals surface area contributed by atoms with E-state index in [1.807, 2.05) is 27.8 Å². The number of benzene rings is 1. The topological polar surface area (TPSA) is 89.3 Å². The highest BCUT2D eigenvalue weighted by Crippen LogP contribution is 2.20. The van der Waals surface area contributed by atoms with Crippen LogP contribution < -0.4 is 10.1 Å². The smallest absolute Gasteiger partial charge is 0.260 e. The Balaban J connectivity index is 1.69. The van der Waals surface area contributed by atoms with Crippen molar-refractivity contribution in [1.29, 1.82) is 0 Å². The number of hydrogen-bond donors (Lipinski definition) is 1. The molecule has 0 spiro atoms. The molecule has 0 saturated heterocycles. The van der Waals surface area contributed by atoms with Crippen LogP contribution in [0.15, 0.2) is 36.5 Å². The summed E-state index contributed by atoms with van der Waals surface area (Å²) >= 11 is 0. The second-order valence-corrected chi connectivity index (χ2v) is 6.64. The van der Waals surface area contributed by atoms with Gasteiger partial charge >= 0.3 is 0 Å². The Kier molecular flexibility index (Phi) is 6.11. The van der Waals surface area contributed by atoms with Crippen LogP contribution in [0.1, 0.15) is 29.9 Å². The Morgan fingerprint density at radius 1 is 1.21 bits per heavy atom. The molecule has 0 saturated carbocycles. The number of likely N-dealkylation sites (N-methyl/N-ethyl adjacent to an activating group) is 1. The summed E-state index contributed by atoms with van der Waals surface area (Å²) in [6, 6.07) is 8.74. The SMILES string of the molecule is CCN(CC)C(=O)COc1cccc(NC(=O)c2cnc3c(c2)c(C)nn3C)c1. The van der Waals surface area contributed by atoms with Crippen LogP contribution in [0.5, 0.6) is 5.75 Å². The van der Waals surface area contributed by atoms with Crippen molar-refractivity contribution in [3.05, 3.63) is 47.8 Å². The summed E-state index contributed by atoms with van der Waals surface area (Å²) in [5, 5.41) is 8.00. The monoisotopic (exact) mass is 395 g/mol. The lowest BCUT2D eigenvalue weighted by Gasteiger charge is -2.18. The molecule has 152 valence electrons. The third-order valence-electron chi connectivity index (χ3n) is 4.70. The molecule has 8 heteroatoms. The van der Waals surface area contributed by atoms with Gasteiger partial charge in [0.05, 0.1) is 11.3 Å². The van der Waals surface area contributed by atoms with Crippen LogP contribution in [0.4, 0.5) is 5.69 Å². The van der Waals surface area contributed by atoms with Crippen LogP contribution >= 0.6 is 0 Å². The third kappa shape index (κ3) is 4.53. The van der Waals surface area contributed by atoms with Gasteiger partial charge in [0, 0.05) is 43.5 Å². The molecule has 1 N–H and O–H groups in total. The van der Waals surface area contributed by atoms with E-state index in [0.717, 1.165) is 16.7 Å². The quantitative estimate of drug-likeness (QED) is 0.664. The van der Waals surface area contributed by atoms with Gasteiger partial charge in [0.15, 0.2) is 12.3 Å². The molecule has 0 atom stereocenters. The minimum absolute atomic E-state index is 0.0417. The molecule has 3 aromatic rings. The van der Waals surface area contributed by atoms with Gasteiger partial charge in [-0.05, 0) is 39.0 Å². The van der Waals surface area contributed by atoms with Crippen molar-refractivity contribution in [3.63, 3.8) is 0 Å². The zero-order valence-electron chi connectivity index (χ0n) is 17.1. The molecule has 0 fully saturated rings. The Bertz CT molecular complexity index is 1040. The van der Waals surface area contributed by atoms with Crippen LogP contribution in [-0.2, 0) is 11.8 Å². The summed E-state index contributed by atoms with van der Waals surface area (Å²) in [5.41, 5.74) is 2.56. The van der Waals surface area contributed by atoms with Gasteiger partial charge in [-0.15, -0.1) is 0 Å². The summed E-state index contributed by atoms with van der Waals surface area (Å²) in [5.74, 6) is 0.162. The number of carbonyl (C=O) groups excluding carboxylic acids is 2. The number of aromatic nitrogens is 3. The normalized spacial score (nSPS) is 10.8. The number of amides is 2. The summed E-state index contributed by atoms with van der Waals surface area (Å²) in [6.07, 6.45) is 1.53. The van der Waals surface area contributed by atoms with E-state index in [1.54, 1.807) is 39.9 Å².